The van der Waals surface area contributed by atoms with Gasteiger partial charge in [-0.1, -0.05) is 35.3 Å². The summed E-state index contributed by atoms with van der Waals surface area (Å²) in [5, 5.41) is 1.03. The Morgan fingerprint density at radius 1 is 1.20 bits per heavy atom. The fourth-order valence-electron chi connectivity index (χ4n) is 2.55. The fourth-order valence-corrected chi connectivity index (χ4v) is 2.86. The summed E-state index contributed by atoms with van der Waals surface area (Å²) in [6.07, 6.45) is 2.09. The zero-order chi connectivity index (χ0) is 15.0. The molecular weight excluding hydrogens is 293 g/mol. The molecule has 0 N–H and O–H groups in total. The van der Waals surface area contributed by atoms with Crippen molar-refractivity contribution in [2.24, 2.45) is 0 Å². The molecule has 0 aromatic heterocycles. The lowest BCUT2D eigenvalue weighted by Crippen LogP contribution is -2.25. The van der Waals surface area contributed by atoms with E-state index in [0.717, 1.165) is 22.5 Å². The number of ketones is 1. The number of carbonyl (C=O) groups is 1. The molecule has 4 heteroatoms. The molecule has 0 spiro atoms. The molecule has 1 aromatic carbocycles. The first kappa shape index (κ1) is 15.1. The van der Waals surface area contributed by atoms with Gasteiger partial charge in [0.15, 0.2) is 5.78 Å². The molecule has 0 saturated carbocycles. The lowest BCUT2D eigenvalue weighted by atomic mass is 9.84. The van der Waals surface area contributed by atoms with Gasteiger partial charge in [-0.2, -0.15) is 0 Å². The van der Waals surface area contributed by atoms with Crippen molar-refractivity contribution in [1.29, 1.82) is 0 Å². The number of rotatable bonds is 2. The molecule has 0 saturated heterocycles. The minimum Gasteiger partial charge on any atom is -0.352 e. The van der Waals surface area contributed by atoms with Crippen LogP contribution in [0.15, 0.2) is 41.2 Å². The normalized spacial score (nSPS) is 19.2. The summed E-state index contributed by atoms with van der Waals surface area (Å²) in [6.45, 7) is 5.61. The van der Waals surface area contributed by atoms with Gasteiger partial charge in [-0.25, -0.2) is 0 Å². The zero-order valence-electron chi connectivity index (χ0n) is 12.0. The standard InChI is InChI=1S/C16H17Cl2NO/c1-9-7-13(12-5-6-14(17)15(18)8-12)16(11(3)20)10(2)19(9)4/h5-8,13H,1-4H3. The number of allylic oxidation sites excluding steroid dienone is 4. The molecule has 0 fully saturated rings. The van der Waals surface area contributed by atoms with E-state index in [-0.39, 0.29) is 11.7 Å². The third-order valence-electron chi connectivity index (χ3n) is 3.82. The molecule has 2 rings (SSSR count). The van der Waals surface area contributed by atoms with Crippen LogP contribution >= 0.6 is 23.2 Å². The maximum absolute atomic E-state index is 12.0. The molecule has 1 aromatic rings. The Labute approximate surface area is 129 Å². The molecule has 0 aliphatic carbocycles. The molecular formula is C16H17Cl2NO. The number of halogens is 2. The molecule has 1 aliphatic heterocycles. The third kappa shape index (κ3) is 2.63. The van der Waals surface area contributed by atoms with Crippen LogP contribution < -0.4 is 0 Å². The van der Waals surface area contributed by atoms with Crippen LogP contribution in [-0.2, 0) is 4.79 Å². The first-order valence-corrected chi connectivity index (χ1v) is 7.17. The summed E-state index contributed by atoms with van der Waals surface area (Å²) in [7, 11) is 1.97. The van der Waals surface area contributed by atoms with Crippen molar-refractivity contribution >= 4 is 29.0 Å². The molecule has 0 amide bonds. The van der Waals surface area contributed by atoms with Gasteiger partial charge in [0, 0.05) is 29.9 Å². The second-order valence-electron chi connectivity index (χ2n) is 5.07. The van der Waals surface area contributed by atoms with Crippen LogP contribution in [0.1, 0.15) is 32.3 Å². The summed E-state index contributed by atoms with van der Waals surface area (Å²) >= 11 is 12.1. The predicted molar refractivity (Wildman–Crippen MR) is 84.1 cm³/mol. The Balaban J connectivity index is 2.57. The molecule has 1 atom stereocenters. The highest BCUT2D eigenvalue weighted by Gasteiger charge is 2.27. The monoisotopic (exact) mass is 309 g/mol. The van der Waals surface area contributed by atoms with Crippen LogP contribution in [0.3, 0.4) is 0 Å². The van der Waals surface area contributed by atoms with E-state index < -0.39 is 0 Å². The summed E-state index contributed by atoms with van der Waals surface area (Å²) < 4.78 is 0. The topological polar surface area (TPSA) is 20.3 Å². The SMILES string of the molecule is CC(=O)C1=C(C)N(C)C(C)=CC1c1ccc(Cl)c(Cl)c1. The average Bonchev–Trinajstić information content (AvgIpc) is 2.38. The number of benzene rings is 1. The molecule has 1 aliphatic rings. The quantitative estimate of drug-likeness (QED) is 0.783. The van der Waals surface area contributed by atoms with E-state index in [2.05, 4.69) is 6.08 Å². The van der Waals surface area contributed by atoms with Crippen molar-refractivity contribution in [1.82, 2.24) is 4.90 Å². The molecule has 0 bridgehead atoms. The van der Waals surface area contributed by atoms with E-state index in [1.165, 1.54) is 0 Å². The van der Waals surface area contributed by atoms with E-state index >= 15 is 0 Å². The van der Waals surface area contributed by atoms with Gasteiger partial charge in [-0.15, -0.1) is 0 Å². The zero-order valence-corrected chi connectivity index (χ0v) is 13.5. The van der Waals surface area contributed by atoms with Gasteiger partial charge in [0.05, 0.1) is 10.0 Å². The van der Waals surface area contributed by atoms with Crippen LogP contribution in [0.4, 0.5) is 0 Å². The number of Topliss-reactive ketones (excluding diaryl/α,β-unsaturated/α-hetero) is 1. The molecule has 2 nitrogen and oxygen atoms in total. The van der Waals surface area contributed by atoms with Crippen LogP contribution in [0, 0.1) is 0 Å². The highest BCUT2D eigenvalue weighted by atomic mass is 35.5. The predicted octanol–water partition coefficient (Wildman–Crippen LogP) is 4.79. The number of carbonyl (C=O) groups excluding carboxylic acids is 1. The molecule has 1 heterocycles. The molecule has 106 valence electrons. The second kappa shape index (κ2) is 5.63. The molecule has 20 heavy (non-hydrogen) atoms. The van der Waals surface area contributed by atoms with Crippen LogP contribution in [0.25, 0.3) is 0 Å². The second-order valence-corrected chi connectivity index (χ2v) is 5.89. The van der Waals surface area contributed by atoms with Gasteiger partial charge < -0.3 is 4.90 Å². The Morgan fingerprint density at radius 3 is 2.40 bits per heavy atom. The highest BCUT2D eigenvalue weighted by Crippen LogP contribution is 2.37. The Kier molecular flexibility index (Phi) is 4.26. The maximum atomic E-state index is 12.0. The number of hydrogen-bond donors (Lipinski definition) is 0. The third-order valence-corrected chi connectivity index (χ3v) is 4.56. The smallest absolute Gasteiger partial charge is 0.158 e. The van der Waals surface area contributed by atoms with Gasteiger partial charge in [-0.05, 0) is 38.5 Å². The Morgan fingerprint density at radius 2 is 1.85 bits per heavy atom. The Hall–Kier alpha value is -1.25. The van der Waals surface area contributed by atoms with Crippen molar-refractivity contribution < 1.29 is 4.79 Å². The molecule has 1 unspecified atom stereocenters. The largest absolute Gasteiger partial charge is 0.352 e. The van der Waals surface area contributed by atoms with Crippen molar-refractivity contribution in [3.63, 3.8) is 0 Å². The average molecular weight is 310 g/mol. The van der Waals surface area contributed by atoms with Crippen molar-refractivity contribution in [3.8, 4) is 0 Å². The lowest BCUT2D eigenvalue weighted by Gasteiger charge is -2.32. The van der Waals surface area contributed by atoms with E-state index in [1.807, 2.05) is 37.9 Å². The number of nitrogens with zero attached hydrogens (tertiary/aromatic N) is 1. The maximum Gasteiger partial charge on any atom is 0.158 e. The van der Waals surface area contributed by atoms with Crippen molar-refractivity contribution in [2.45, 2.75) is 26.7 Å². The first-order valence-electron chi connectivity index (χ1n) is 6.41. The van der Waals surface area contributed by atoms with Crippen LogP contribution in [-0.4, -0.2) is 17.7 Å². The van der Waals surface area contributed by atoms with E-state index in [0.29, 0.717) is 10.0 Å². The van der Waals surface area contributed by atoms with Crippen LogP contribution in [0.5, 0.6) is 0 Å². The van der Waals surface area contributed by atoms with E-state index in [1.54, 1.807) is 13.0 Å². The van der Waals surface area contributed by atoms with Gasteiger partial charge in [0.2, 0.25) is 0 Å². The van der Waals surface area contributed by atoms with E-state index in [9.17, 15) is 4.79 Å². The van der Waals surface area contributed by atoms with E-state index in [4.69, 9.17) is 23.2 Å². The minimum absolute atomic E-state index is 0.0709. The van der Waals surface area contributed by atoms with Gasteiger partial charge in [0.25, 0.3) is 0 Å². The van der Waals surface area contributed by atoms with Gasteiger partial charge in [-0.3, -0.25) is 4.79 Å². The summed E-state index contributed by atoms with van der Waals surface area (Å²) in [4.78, 5) is 14.1. The fraction of sp³-hybridized carbons (Fsp3) is 0.312. The highest BCUT2D eigenvalue weighted by molar-refractivity contribution is 6.42. The summed E-state index contributed by atoms with van der Waals surface area (Å²) in [5.74, 6) is 0.00707. The van der Waals surface area contributed by atoms with Gasteiger partial charge >= 0.3 is 0 Å². The Bertz CT molecular complexity index is 631. The first-order chi connectivity index (χ1) is 9.32. The summed E-state index contributed by atoms with van der Waals surface area (Å²) in [6, 6.07) is 5.53. The van der Waals surface area contributed by atoms with Crippen LogP contribution in [0.2, 0.25) is 10.0 Å². The number of hydrogen-bond acceptors (Lipinski definition) is 2. The molecule has 0 radical (unpaired) electrons. The summed E-state index contributed by atoms with van der Waals surface area (Å²) in [5.41, 5.74) is 3.88. The lowest BCUT2D eigenvalue weighted by molar-refractivity contribution is -0.114. The van der Waals surface area contributed by atoms with Gasteiger partial charge in [0.1, 0.15) is 0 Å². The van der Waals surface area contributed by atoms with Crippen molar-refractivity contribution in [3.05, 3.63) is 56.9 Å². The van der Waals surface area contributed by atoms with Crippen molar-refractivity contribution in [2.75, 3.05) is 7.05 Å². The minimum atomic E-state index is -0.0709.